The Bertz CT molecular complexity index is 526. The second-order valence-electron chi connectivity index (χ2n) is 6.92. The van der Waals surface area contributed by atoms with Crippen LogP contribution in [0.5, 0.6) is 0 Å². The molecule has 1 aliphatic carbocycles. The van der Waals surface area contributed by atoms with Crippen molar-refractivity contribution in [2.45, 2.75) is 57.7 Å². The number of rotatable bonds is 6. The van der Waals surface area contributed by atoms with E-state index in [1.165, 1.54) is 24.0 Å². The van der Waals surface area contributed by atoms with Crippen LogP contribution in [0.2, 0.25) is 0 Å². The normalized spacial score (nSPS) is 22.6. The van der Waals surface area contributed by atoms with E-state index in [1.54, 1.807) is 0 Å². The van der Waals surface area contributed by atoms with Crippen LogP contribution in [0.1, 0.15) is 49.7 Å². The van der Waals surface area contributed by atoms with E-state index < -0.39 is 0 Å². The minimum absolute atomic E-state index is 0.215. The Labute approximate surface area is 138 Å². The molecule has 0 unspecified atom stereocenters. The number of nitrogens with one attached hydrogen (secondary N) is 1. The minimum atomic E-state index is 0.215. The molecule has 4 nitrogen and oxygen atoms in total. The molecule has 126 valence electrons. The van der Waals surface area contributed by atoms with Crippen LogP contribution >= 0.6 is 0 Å². The molecule has 1 atom stereocenters. The highest BCUT2D eigenvalue weighted by molar-refractivity contribution is 5.78. The van der Waals surface area contributed by atoms with Crippen LogP contribution in [0.4, 0.5) is 0 Å². The van der Waals surface area contributed by atoms with Crippen LogP contribution in [0.25, 0.3) is 0 Å². The van der Waals surface area contributed by atoms with Crippen molar-refractivity contribution in [3.63, 3.8) is 0 Å². The fourth-order valence-corrected chi connectivity index (χ4v) is 3.93. The number of nitrogens with zero attached hydrogens (tertiary/aromatic N) is 1. The molecule has 4 heteroatoms. The third kappa shape index (κ3) is 4.12. The summed E-state index contributed by atoms with van der Waals surface area (Å²) in [6, 6.07) is 8.63. The molecule has 0 spiro atoms. The Morgan fingerprint density at radius 1 is 1.13 bits per heavy atom. The van der Waals surface area contributed by atoms with Crippen LogP contribution in [0, 0.1) is 5.92 Å². The summed E-state index contributed by atoms with van der Waals surface area (Å²) >= 11 is 0. The maximum Gasteiger partial charge on any atom is 0.223 e. The molecule has 23 heavy (non-hydrogen) atoms. The first-order valence-corrected chi connectivity index (χ1v) is 8.97. The number of aliphatic hydroxyl groups excluding tert-OH is 1. The Morgan fingerprint density at radius 2 is 1.87 bits per heavy atom. The van der Waals surface area contributed by atoms with E-state index in [2.05, 4.69) is 28.4 Å². The highest BCUT2D eigenvalue weighted by atomic mass is 16.3. The van der Waals surface area contributed by atoms with Crippen LogP contribution in [0.3, 0.4) is 0 Å². The number of hydrogen-bond donors (Lipinski definition) is 2. The Balaban J connectivity index is 1.60. The average molecular weight is 316 g/mol. The molecular formula is C19H28N2O2. The van der Waals surface area contributed by atoms with E-state index in [0.717, 1.165) is 38.8 Å². The topological polar surface area (TPSA) is 52.6 Å². The monoisotopic (exact) mass is 316 g/mol. The molecule has 1 aromatic rings. The molecule has 0 bridgehead atoms. The van der Waals surface area contributed by atoms with Crippen molar-refractivity contribution in [2.75, 3.05) is 13.2 Å². The molecule has 1 saturated heterocycles. The predicted octanol–water partition coefficient (Wildman–Crippen LogP) is 2.45. The standard InChI is InChI=1S/C19H28N2O2/c22-14-18-10-5-11-21(18)13-17-9-4-3-8-16(17)12-20-19(23)15-6-1-2-7-15/h3-4,8-9,15,18,22H,1-2,5-7,10-14H2,(H,20,23)/t18-/m0/s1. The molecule has 2 aliphatic rings. The number of carbonyl (C=O) groups is 1. The van der Waals surface area contributed by atoms with Gasteiger partial charge in [-0.1, -0.05) is 37.1 Å². The molecule has 1 aromatic carbocycles. The van der Waals surface area contributed by atoms with Gasteiger partial charge in [-0.25, -0.2) is 0 Å². The number of carbonyl (C=O) groups excluding carboxylic acids is 1. The largest absolute Gasteiger partial charge is 0.395 e. The fourth-order valence-electron chi connectivity index (χ4n) is 3.93. The predicted molar refractivity (Wildman–Crippen MR) is 90.8 cm³/mol. The summed E-state index contributed by atoms with van der Waals surface area (Å²) in [5.41, 5.74) is 2.46. The second kappa shape index (κ2) is 7.93. The molecule has 2 fully saturated rings. The summed E-state index contributed by atoms with van der Waals surface area (Å²) in [4.78, 5) is 14.6. The lowest BCUT2D eigenvalue weighted by Gasteiger charge is -2.24. The van der Waals surface area contributed by atoms with Crippen LogP contribution in [-0.4, -0.2) is 35.1 Å². The first kappa shape index (κ1) is 16.5. The third-order valence-corrected chi connectivity index (χ3v) is 5.38. The maximum atomic E-state index is 12.2. The summed E-state index contributed by atoms with van der Waals surface area (Å²) in [7, 11) is 0. The molecule has 1 amide bonds. The molecule has 0 aromatic heterocycles. The van der Waals surface area contributed by atoms with Gasteiger partial charge in [0.15, 0.2) is 0 Å². The van der Waals surface area contributed by atoms with Gasteiger partial charge in [-0.3, -0.25) is 9.69 Å². The maximum absolute atomic E-state index is 12.2. The summed E-state index contributed by atoms with van der Waals surface area (Å²) in [5, 5.41) is 12.6. The smallest absolute Gasteiger partial charge is 0.223 e. The molecule has 1 heterocycles. The van der Waals surface area contributed by atoms with Gasteiger partial charge >= 0.3 is 0 Å². The number of hydrogen-bond acceptors (Lipinski definition) is 3. The van der Waals surface area contributed by atoms with E-state index in [1.807, 2.05) is 6.07 Å². The fraction of sp³-hybridized carbons (Fsp3) is 0.632. The quantitative estimate of drug-likeness (QED) is 0.847. The van der Waals surface area contributed by atoms with E-state index in [0.29, 0.717) is 6.54 Å². The summed E-state index contributed by atoms with van der Waals surface area (Å²) in [6.45, 7) is 2.76. The summed E-state index contributed by atoms with van der Waals surface area (Å²) in [6.07, 6.45) is 6.69. The highest BCUT2D eigenvalue weighted by Crippen LogP contribution is 2.25. The van der Waals surface area contributed by atoms with Gasteiger partial charge in [0.2, 0.25) is 5.91 Å². The zero-order valence-corrected chi connectivity index (χ0v) is 13.8. The Kier molecular flexibility index (Phi) is 5.68. The summed E-state index contributed by atoms with van der Waals surface area (Å²) in [5.74, 6) is 0.436. The molecule has 0 radical (unpaired) electrons. The third-order valence-electron chi connectivity index (χ3n) is 5.38. The van der Waals surface area contributed by atoms with Gasteiger partial charge in [0.1, 0.15) is 0 Å². The van der Waals surface area contributed by atoms with Crippen molar-refractivity contribution in [3.8, 4) is 0 Å². The number of aliphatic hydroxyl groups is 1. The highest BCUT2D eigenvalue weighted by Gasteiger charge is 2.25. The number of benzene rings is 1. The van der Waals surface area contributed by atoms with E-state index in [-0.39, 0.29) is 24.5 Å². The zero-order valence-electron chi connectivity index (χ0n) is 13.8. The minimum Gasteiger partial charge on any atom is -0.395 e. The van der Waals surface area contributed by atoms with Crippen LogP contribution < -0.4 is 5.32 Å². The first-order chi connectivity index (χ1) is 11.3. The number of likely N-dealkylation sites (tertiary alicyclic amines) is 1. The molecule has 2 N–H and O–H groups in total. The molecule has 1 aliphatic heterocycles. The van der Waals surface area contributed by atoms with Gasteiger partial charge in [-0.2, -0.15) is 0 Å². The average Bonchev–Trinajstić information content (AvgIpc) is 3.25. The van der Waals surface area contributed by atoms with Gasteiger partial charge in [0.05, 0.1) is 6.61 Å². The Hall–Kier alpha value is -1.39. The van der Waals surface area contributed by atoms with Gasteiger partial charge in [-0.05, 0) is 43.4 Å². The summed E-state index contributed by atoms with van der Waals surface area (Å²) < 4.78 is 0. The van der Waals surface area contributed by atoms with Crippen LogP contribution in [-0.2, 0) is 17.9 Å². The Morgan fingerprint density at radius 3 is 2.61 bits per heavy atom. The van der Waals surface area contributed by atoms with Crippen molar-refractivity contribution in [1.82, 2.24) is 10.2 Å². The van der Waals surface area contributed by atoms with Crippen molar-refractivity contribution in [1.29, 1.82) is 0 Å². The van der Waals surface area contributed by atoms with Crippen molar-refractivity contribution < 1.29 is 9.90 Å². The lowest BCUT2D eigenvalue weighted by molar-refractivity contribution is -0.124. The molecule has 1 saturated carbocycles. The van der Waals surface area contributed by atoms with Crippen LogP contribution in [0.15, 0.2) is 24.3 Å². The van der Waals surface area contributed by atoms with Crippen molar-refractivity contribution >= 4 is 5.91 Å². The zero-order chi connectivity index (χ0) is 16.1. The van der Waals surface area contributed by atoms with Crippen molar-refractivity contribution in [2.24, 2.45) is 5.92 Å². The van der Waals surface area contributed by atoms with Gasteiger partial charge < -0.3 is 10.4 Å². The van der Waals surface area contributed by atoms with Crippen molar-refractivity contribution in [3.05, 3.63) is 35.4 Å². The SMILES string of the molecule is O=C(NCc1ccccc1CN1CCC[C@H]1CO)C1CCCC1. The van der Waals surface area contributed by atoms with Gasteiger partial charge in [0.25, 0.3) is 0 Å². The van der Waals surface area contributed by atoms with Gasteiger partial charge in [0, 0.05) is 25.0 Å². The van der Waals surface area contributed by atoms with E-state index in [9.17, 15) is 9.90 Å². The first-order valence-electron chi connectivity index (χ1n) is 8.97. The van der Waals surface area contributed by atoms with Gasteiger partial charge in [-0.15, -0.1) is 0 Å². The number of amides is 1. The molecular weight excluding hydrogens is 288 g/mol. The van der Waals surface area contributed by atoms with E-state index in [4.69, 9.17) is 0 Å². The lowest BCUT2D eigenvalue weighted by Crippen LogP contribution is -2.33. The van der Waals surface area contributed by atoms with E-state index >= 15 is 0 Å². The molecule has 3 rings (SSSR count). The second-order valence-corrected chi connectivity index (χ2v) is 6.92. The lowest BCUT2D eigenvalue weighted by atomic mass is 10.0.